The lowest BCUT2D eigenvalue weighted by atomic mass is 10.1. The Balaban J connectivity index is 1.61. The summed E-state index contributed by atoms with van der Waals surface area (Å²) in [6, 6.07) is 7.67. The van der Waals surface area contributed by atoms with E-state index in [0.29, 0.717) is 12.5 Å². The lowest BCUT2D eigenvalue weighted by Gasteiger charge is -2.27. The summed E-state index contributed by atoms with van der Waals surface area (Å²) in [6.07, 6.45) is 4.25. The molecule has 1 fully saturated rings. The number of rotatable bonds is 4. The highest BCUT2D eigenvalue weighted by molar-refractivity contribution is 7.92. The Morgan fingerprint density at radius 1 is 1.13 bits per heavy atom. The molecule has 2 heterocycles. The Morgan fingerprint density at radius 3 is 2.65 bits per heavy atom. The SMILES string of the molecule is NC(=NCCS(=O)(=O)N1CCc2ccccc21)N1CCCCC1. The summed E-state index contributed by atoms with van der Waals surface area (Å²) in [7, 11) is -3.35. The molecule has 1 saturated heterocycles. The second-order valence-electron chi connectivity index (χ2n) is 6.05. The summed E-state index contributed by atoms with van der Waals surface area (Å²) >= 11 is 0. The van der Waals surface area contributed by atoms with Gasteiger partial charge in [0.1, 0.15) is 0 Å². The van der Waals surface area contributed by atoms with Crippen LogP contribution >= 0.6 is 0 Å². The average Bonchev–Trinajstić information content (AvgIpc) is 3.00. The van der Waals surface area contributed by atoms with Gasteiger partial charge in [-0.3, -0.25) is 9.30 Å². The molecule has 0 unspecified atom stereocenters. The Morgan fingerprint density at radius 2 is 1.87 bits per heavy atom. The summed E-state index contributed by atoms with van der Waals surface area (Å²) in [5, 5.41) is 0. The first-order valence-corrected chi connectivity index (χ1v) is 9.82. The minimum atomic E-state index is -3.35. The standard InChI is InChI=1S/C16H24N4O2S/c17-16(19-10-4-1-5-11-19)18-9-13-23(21,22)20-12-8-14-6-2-3-7-15(14)20/h2-3,6-7H,1,4-5,8-13H2,(H2,17,18). The predicted octanol–water partition coefficient (Wildman–Crippen LogP) is 1.18. The van der Waals surface area contributed by atoms with Crippen LogP contribution in [0, 0.1) is 0 Å². The number of hydrogen-bond acceptors (Lipinski definition) is 3. The minimum absolute atomic E-state index is 0.00409. The summed E-state index contributed by atoms with van der Waals surface area (Å²) in [4.78, 5) is 6.32. The molecular weight excluding hydrogens is 312 g/mol. The maximum absolute atomic E-state index is 12.6. The van der Waals surface area contributed by atoms with Gasteiger partial charge in [0.05, 0.1) is 18.0 Å². The molecule has 0 radical (unpaired) electrons. The Hall–Kier alpha value is -1.76. The van der Waals surface area contributed by atoms with Crippen LogP contribution in [0.25, 0.3) is 0 Å². The van der Waals surface area contributed by atoms with Crippen molar-refractivity contribution in [2.24, 2.45) is 10.7 Å². The smallest absolute Gasteiger partial charge is 0.237 e. The number of anilines is 1. The average molecular weight is 336 g/mol. The van der Waals surface area contributed by atoms with Crippen LogP contribution in [0.5, 0.6) is 0 Å². The number of aliphatic imine (C=N–C) groups is 1. The van der Waals surface area contributed by atoms with Gasteiger partial charge in [-0.15, -0.1) is 0 Å². The summed E-state index contributed by atoms with van der Waals surface area (Å²) < 4.78 is 26.6. The largest absolute Gasteiger partial charge is 0.370 e. The third-order valence-electron chi connectivity index (χ3n) is 4.48. The summed E-state index contributed by atoms with van der Waals surface area (Å²) in [5.41, 5.74) is 7.87. The van der Waals surface area contributed by atoms with Gasteiger partial charge in [-0.2, -0.15) is 0 Å². The minimum Gasteiger partial charge on any atom is -0.370 e. The molecule has 3 rings (SSSR count). The zero-order valence-corrected chi connectivity index (χ0v) is 14.1. The van der Waals surface area contributed by atoms with E-state index < -0.39 is 10.0 Å². The monoisotopic (exact) mass is 336 g/mol. The molecule has 2 N–H and O–H groups in total. The van der Waals surface area contributed by atoms with Crippen LogP contribution in [0.1, 0.15) is 24.8 Å². The Labute approximate surface area is 138 Å². The van der Waals surface area contributed by atoms with Gasteiger partial charge in [0.25, 0.3) is 0 Å². The van der Waals surface area contributed by atoms with Crippen LogP contribution < -0.4 is 10.0 Å². The fourth-order valence-corrected chi connectivity index (χ4v) is 4.60. The zero-order chi connectivity index (χ0) is 16.3. The molecule has 1 aromatic rings. The predicted molar refractivity (Wildman–Crippen MR) is 93.2 cm³/mol. The van der Waals surface area contributed by atoms with Crippen LogP contribution in [0.15, 0.2) is 29.3 Å². The number of hydrogen-bond donors (Lipinski definition) is 1. The quantitative estimate of drug-likeness (QED) is 0.661. The van der Waals surface area contributed by atoms with Crippen molar-refractivity contribution in [1.82, 2.24) is 4.90 Å². The van der Waals surface area contributed by atoms with E-state index in [0.717, 1.165) is 43.6 Å². The first-order valence-electron chi connectivity index (χ1n) is 8.21. The molecule has 0 atom stereocenters. The third kappa shape index (κ3) is 3.60. The second kappa shape index (κ2) is 6.78. The molecular formula is C16H24N4O2S. The molecule has 23 heavy (non-hydrogen) atoms. The van der Waals surface area contributed by atoms with Crippen LogP contribution in [0.4, 0.5) is 5.69 Å². The zero-order valence-electron chi connectivity index (χ0n) is 13.3. The molecule has 0 aliphatic carbocycles. The van der Waals surface area contributed by atoms with Gasteiger partial charge in [-0.25, -0.2) is 8.42 Å². The first-order chi connectivity index (χ1) is 11.1. The summed E-state index contributed by atoms with van der Waals surface area (Å²) in [5.74, 6) is 0.470. The van der Waals surface area contributed by atoms with E-state index in [1.54, 1.807) is 0 Å². The van der Waals surface area contributed by atoms with Gasteiger partial charge in [-0.05, 0) is 37.3 Å². The molecule has 0 amide bonds. The van der Waals surface area contributed by atoms with Gasteiger partial charge in [0.15, 0.2) is 5.96 Å². The van der Waals surface area contributed by atoms with E-state index >= 15 is 0 Å². The van der Waals surface area contributed by atoms with Crippen molar-refractivity contribution in [3.05, 3.63) is 29.8 Å². The van der Waals surface area contributed by atoms with Crippen molar-refractivity contribution in [3.8, 4) is 0 Å². The van der Waals surface area contributed by atoms with Crippen LogP contribution in [0.3, 0.4) is 0 Å². The van der Waals surface area contributed by atoms with E-state index in [9.17, 15) is 8.42 Å². The summed E-state index contributed by atoms with van der Waals surface area (Å²) in [6.45, 7) is 2.57. The number of piperidine rings is 1. The highest BCUT2D eigenvalue weighted by Crippen LogP contribution is 2.29. The van der Waals surface area contributed by atoms with Gasteiger partial charge < -0.3 is 10.6 Å². The number of nitrogens with zero attached hydrogens (tertiary/aromatic N) is 3. The fourth-order valence-electron chi connectivity index (χ4n) is 3.21. The number of nitrogens with two attached hydrogens (primary N) is 1. The van der Waals surface area contributed by atoms with Gasteiger partial charge in [-0.1, -0.05) is 18.2 Å². The van der Waals surface area contributed by atoms with Crippen molar-refractivity contribution in [3.63, 3.8) is 0 Å². The van der Waals surface area contributed by atoms with E-state index in [-0.39, 0.29) is 12.3 Å². The van der Waals surface area contributed by atoms with Gasteiger partial charge in [0.2, 0.25) is 10.0 Å². The number of benzene rings is 1. The number of fused-ring (bicyclic) bond motifs is 1. The van der Waals surface area contributed by atoms with Crippen LogP contribution in [-0.2, 0) is 16.4 Å². The molecule has 7 heteroatoms. The van der Waals surface area contributed by atoms with Crippen molar-refractivity contribution >= 4 is 21.7 Å². The number of guanidine groups is 1. The highest BCUT2D eigenvalue weighted by atomic mass is 32.2. The van der Waals surface area contributed by atoms with Gasteiger partial charge in [0, 0.05) is 19.6 Å². The van der Waals surface area contributed by atoms with Crippen molar-refractivity contribution < 1.29 is 8.42 Å². The third-order valence-corrected chi connectivity index (χ3v) is 6.23. The van der Waals surface area contributed by atoms with Crippen LogP contribution in [-0.4, -0.2) is 51.2 Å². The van der Waals surface area contributed by atoms with Crippen molar-refractivity contribution in [2.75, 3.05) is 36.2 Å². The molecule has 0 aromatic heterocycles. The lowest BCUT2D eigenvalue weighted by molar-refractivity contribution is 0.338. The first kappa shape index (κ1) is 16.1. The molecule has 0 spiro atoms. The molecule has 126 valence electrons. The van der Waals surface area contributed by atoms with E-state index in [1.165, 1.54) is 10.7 Å². The second-order valence-corrected chi connectivity index (χ2v) is 8.07. The lowest BCUT2D eigenvalue weighted by Crippen LogP contribution is -2.41. The molecule has 2 aliphatic rings. The normalized spacial score (nSPS) is 19.0. The molecule has 0 saturated carbocycles. The number of para-hydroxylation sites is 1. The number of likely N-dealkylation sites (tertiary alicyclic amines) is 1. The maximum atomic E-state index is 12.6. The molecule has 6 nitrogen and oxygen atoms in total. The maximum Gasteiger partial charge on any atom is 0.237 e. The fraction of sp³-hybridized carbons (Fsp3) is 0.562. The van der Waals surface area contributed by atoms with Crippen LogP contribution in [0.2, 0.25) is 0 Å². The number of sulfonamides is 1. The molecule has 0 bridgehead atoms. The Bertz CT molecular complexity index is 681. The molecule has 1 aromatic carbocycles. The Kier molecular flexibility index (Phi) is 4.75. The van der Waals surface area contributed by atoms with Crippen molar-refractivity contribution in [1.29, 1.82) is 0 Å². The van der Waals surface area contributed by atoms with E-state index in [1.807, 2.05) is 29.2 Å². The molecule has 2 aliphatic heterocycles. The van der Waals surface area contributed by atoms with Gasteiger partial charge >= 0.3 is 0 Å². The van der Waals surface area contributed by atoms with E-state index in [4.69, 9.17) is 5.73 Å². The van der Waals surface area contributed by atoms with E-state index in [2.05, 4.69) is 4.99 Å². The highest BCUT2D eigenvalue weighted by Gasteiger charge is 2.28. The topological polar surface area (TPSA) is 79.0 Å². The van der Waals surface area contributed by atoms with Crippen molar-refractivity contribution in [2.45, 2.75) is 25.7 Å².